The Kier molecular flexibility index (Phi) is 3.52. The minimum absolute atomic E-state index is 0.324. The third-order valence-corrected chi connectivity index (χ3v) is 3.84. The zero-order valence-electron chi connectivity index (χ0n) is 11.4. The van der Waals surface area contributed by atoms with Crippen LogP contribution in [0, 0.1) is 11.3 Å². The summed E-state index contributed by atoms with van der Waals surface area (Å²) in [6, 6.07) is 0.549. The summed E-state index contributed by atoms with van der Waals surface area (Å²) in [6.45, 7) is 7.86. The minimum Gasteiger partial charge on any atom is -0.314 e. The third-order valence-electron chi connectivity index (χ3n) is 3.84. The Balaban J connectivity index is 2.03. The second-order valence-corrected chi connectivity index (χ2v) is 5.94. The van der Waals surface area contributed by atoms with Gasteiger partial charge >= 0.3 is 0 Å². The third kappa shape index (κ3) is 3.06. The molecule has 1 heterocycles. The van der Waals surface area contributed by atoms with Crippen LogP contribution < -0.4 is 5.32 Å². The van der Waals surface area contributed by atoms with Gasteiger partial charge in [-0.2, -0.15) is 5.10 Å². The minimum atomic E-state index is 0.324. The summed E-state index contributed by atoms with van der Waals surface area (Å²) in [5.74, 6) is 1.95. The zero-order valence-corrected chi connectivity index (χ0v) is 11.4. The van der Waals surface area contributed by atoms with Gasteiger partial charge in [0.15, 0.2) is 0 Å². The average Bonchev–Trinajstić information content (AvgIpc) is 3.04. The molecule has 0 aromatic carbocycles. The molecular formula is C13H24N4. The van der Waals surface area contributed by atoms with Crippen molar-refractivity contribution in [1.82, 2.24) is 20.1 Å². The Bertz CT molecular complexity index is 367. The highest BCUT2D eigenvalue weighted by molar-refractivity contribution is 5.00. The summed E-state index contributed by atoms with van der Waals surface area (Å²) in [5.41, 5.74) is 0.324. The first kappa shape index (κ1) is 12.6. The lowest BCUT2D eigenvalue weighted by Gasteiger charge is -2.30. The Labute approximate surface area is 104 Å². The van der Waals surface area contributed by atoms with Crippen LogP contribution in [0.4, 0.5) is 0 Å². The van der Waals surface area contributed by atoms with Crippen LogP contribution in [0.5, 0.6) is 0 Å². The predicted octanol–water partition coefficient (Wildman–Crippen LogP) is 1.77. The van der Waals surface area contributed by atoms with E-state index in [1.807, 2.05) is 11.7 Å². The Morgan fingerprint density at radius 3 is 2.71 bits per heavy atom. The first-order valence-corrected chi connectivity index (χ1v) is 6.57. The van der Waals surface area contributed by atoms with Gasteiger partial charge in [-0.1, -0.05) is 20.8 Å². The van der Waals surface area contributed by atoms with Crippen molar-refractivity contribution in [3.63, 3.8) is 0 Å². The van der Waals surface area contributed by atoms with E-state index in [1.54, 1.807) is 6.33 Å². The van der Waals surface area contributed by atoms with E-state index in [4.69, 9.17) is 0 Å². The van der Waals surface area contributed by atoms with E-state index in [1.165, 1.54) is 12.8 Å². The van der Waals surface area contributed by atoms with Crippen molar-refractivity contribution < 1.29 is 0 Å². The smallest absolute Gasteiger partial charge is 0.138 e. The van der Waals surface area contributed by atoms with Crippen molar-refractivity contribution in [2.24, 2.45) is 18.4 Å². The zero-order chi connectivity index (χ0) is 12.5. The van der Waals surface area contributed by atoms with Gasteiger partial charge in [0.05, 0.1) is 0 Å². The van der Waals surface area contributed by atoms with Crippen LogP contribution in [0.1, 0.15) is 39.4 Å². The molecule has 4 nitrogen and oxygen atoms in total. The number of nitrogens with zero attached hydrogens (tertiary/aromatic N) is 3. The van der Waals surface area contributed by atoms with Gasteiger partial charge in [0.25, 0.3) is 0 Å². The van der Waals surface area contributed by atoms with Crippen LogP contribution in [0.2, 0.25) is 0 Å². The van der Waals surface area contributed by atoms with E-state index >= 15 is 0 Å². The van der Waals surface area contributed by atoms with E-state index in [0.29, 0.717) is 11.5 Å². The molecule has 0 spiro atoms. The maximum absolute atomic E-state index is 4.36. The van der Waals surface area contributed by atoms with Crippen molar-refractivity contribution in [3.8, 4) is 0 Å². The molecule has 1 aliphatic rings. The highest BCUT2D eigenvalue weighted by Gasteiger charge is 2.42. The molecule has 0 aliphatic heterocycles. The molecule has 0 saturated heterocycles. The molecule has 1 unspecified atom stereocenters. The molecule has 1 aromatic rings. The molecule has 1 saturated carbocycles. The number of nitrogens with one attached hydrogen (secondary N) is 1. The summed E-state index contributed by atoms with van der Waals surface area (Å²) in [5, 5.41) is 7.74. The Hall–Kier alpha value is -0.900. The fraction of sp³-hybridized carbons (Fsp3) is 0.846. The first-order valence-electron chi connectivity index (χ1n) is 6.57. The summed E-state index contributed by atoms with van der Waals surface area (Å²) in [6.07, 6.45) is 5.41. The molecule has 0 amide bonds. The van der Waals surface area contributed by atoms with Gasteiger partial charge in [0.2, 0.25) is 0 Å². The SMILES string of the molecule is CC(C)NCC(C)(Cc1ncnn1C)C1CC1. The monoisotopic (exact) mass is 236 g/mol. The molecule has 96 valence electrons. The lowest BCUT2D eigenvalue weighted by atomic mass is 9.81. The molecule has 2 rings (SSSR count). The standard InChI is InChI=1S/C13H24N4/c1-10(2)14-8-13(3,11-5-6-11)7-12-15-9-16-17(12)4/h9-11,14H,5-8H2,1-4H3. The molecule has 0 radical (unpaired) electrons. The van der Waals surface area contributed by atoms with Crippen molar-refractivity contribution in [3.05, 3.63) is 12.2 Å². The van der Waals surface area contributed by atoms with Gasteiger partial charge in [-0.05, 0) is 24.2 Å². The van der Waals surface area contributed by atoms with Crippen LogP contribution in [-0.2, 0) is 13.5 Å². The highest BCUT2D eigenvalue weighted by Crippen LogP contribution is 2.46. The maximum atomic E-state index is 4.36. The van der Waals surface area contributed by atoms with Crippen LogP contribution in [0.25, 0.3) is 0 Å². The quantitative estimate of drug-likeness (QED) is 0.818. The lowest BCUT2D eigenvalue weighted by Crippen LogP contribution is -2.39. The van der Waals surface area contributed by atoms with Crippen LogP contribution >= 0.6 is 0 Å². The van der Waals surface area contributed by atoms with E-state index < -0.39 is 0 Å². The molecule has 4 heteroatoms. The van der Waals surface area contributed by atoms with Crippen molar-refractivity contribution in [2.75, 3.05) is 6.54 Å². The number of aromatic nitrogens is 3. The molecule has 1 N–H and O–H groups in total. The summed E-state index contributed by atoms with van der Waals surface area (Å²) in [4.78, 5) is 4.36. The second-order valence-electron chi connectivity index (χ2n) is 5.94. The molecular weight excluding hydrogens is 212 g/mol. The van der Waals surface area contributed by atoms with E-state index in [9.17, 15) is 0 Å². The van der Waals surface area contributed by atoms with Gasteiger partial charge in [0, 0.05) is 26.1 Å². The van der Waals surface area contributed by atoms with Gasteiger partial charge in [-0.15, -0.1) is 0 Å². The number of hydrogen-bond donors (Lipinski definition) is 1. The van der Waals surface area contributed by atoms with Crippen molar-refractivity contribution >= 4 is 0 Å². The van der Waals surface area contributed by atoms with Gasteiger partial charge in [-0.25, -0.2) is 4.98 Å². The predicted molar refractivity (Wildman–Crippen MR) is 68.7 cm³/mol. The van der Waals surface area contributed by atoms with Crippen molar-refractivity contribution in [1.29, 1.82) is 0 Å². The summed E-state index contributed by atoms with van der Waals surface area (Å²) < 4.78 is 1.90. The molecule has 17 heavy (non-hydrogen) atoms. The lowest BCUT2D eigenvalue weighted by molar-refractivity contribution is 0.241. The topological polar surface area (TPSA) is 42.7 Å². The van der Waals surface area contributed by atoms with Crippen LogP contribution in [-0.4, -0.2) is 27.4 Å². The van der Waals surface area contributed by atoms with E-state index in [-0.39, 0.29) is 0 Å². The number of rotatable bonds is 6. The van der Waals surface area contributed by atoms with E-state index in [2.05, 4.69) is 36.2 Å². The summed E-state index contributed by atoms with van der Waals surface area (Å²) >= 11 is 0. The fourth-order valence-corrected chi connectivity index (χ4v) is 2.41. The highest BCUT2D eigenvalue weighted by atomic mass is 15.3. The first-order chi connectivity index (χ1) is 8.01. The number of hydrogen-bond acceptors (Lipinski definition) is 3. The van der Waals surface area contributed by atoms with E-state index in [0.717, 1.165) is 24.7 Å². The van der Waals surface area contributed by atoms with Crippen molar-refractivity contribution in [2.45, 2.75) is 46.1 Å². The Morgan fingerprint density at radius 1 is 1.53 bits per heavy atom. The van der Waals surface area contributed by atoms with Crippen LogP contribution in [0.15, 0.2) is 6.33 Å². The molecule has 1 aromatic heterocycles. The largest absolute Gasteiger partial charge is 0.314 e. The van der Waals surface area contributed by atoms with Gasteiger partial charge in [0.1, 0.15) is 12.2 Å². The number of aryl methyl sites for hydroxylation is 1. The normalized spacial score (nSPS) is 19.6. The fourth-order valence-electron chi connectivity index (χ4n) is 2.41. The molecule has 0 bridgehead atoms. The maximum Gasteiger partial charge on any atom is 0.138 e. The molecule has 1 atom stereocenters. The molecule has 1 fully saturated rings. The average molecular weight is 236 g/mol. The summed E-state index contributed by atoms with van der Waals surface area (Å²) in [7, 11) is 1.98. The van der Waals surface area contributed by atoms with Crippen LogP contribution in [0.3, 0.4) is 0 Å². The second kappa shape index (κ2) is 4.77. The molecule has 1 aliphatic carbocycles. The Morgan fingerprint density at radius 2 is 2.24 bits per heavy atom. The van der Waals surface area contributed by atoms with Gasteiger partial charge < -0.3 is 5.32 Å². The van der Waals surface area contributed by atoms with Gasteiger partial charge in [-0.3, -0.25) is 4.68 Å².